The number of halogens is 1. The van der Waals surface area contributed by atoms with Gasteiger partial charge in [-0.05, 0) is 33.4 Å². The van der Waals surface area contributed by atoms with Crippen molar-refractivity contribution in [2.75, 3.05) is 14.1 Å². The van der Waals surface area contributed by atoms with Crippen molar-refractivity contribution in [1.29, 1.82) is 0 Å². The molecule has 0 aromatic heterocycles. The average Bonchev–Trinajstić information content (AvgIpc) is 3.14. The maximum absolute atomic E-state index is 2.69. The monoisotopic (exact) mass is 768 g/mol. The minimum Gasteiger partial charge on any atom is -0.304 e. The van der Waals surface area contributed by atoms with Crippen molar-refractivity contribution in [3.8, 4) is 0 Å². The summed E-state index contributed by atoms with van der Waals surface area (Å²) >= 11 is 0. The van der Waals surface area contributed by atoms with Crippen LogP contribution in [0.4, 0.5) is 0 Å². The van der Waals surface area contributed by atoms with Crippen LogP contribution in [0.1, 0.15) is 310 Å². The molecule has 322 valence electrons. The molecule has 0 N–H and O–H groups in total. The second kappa shape index (κ2) is 46.6. The largest absolute Gasteiger partial charge is 0.304 e. The van der Waals surface area contributed by atoms with E-state index in [2.05, 4.69) is 39.8 Å². The van der Waals surface area contributed by atoms with Gasteiger partial charge in [0.05, 0.1) is 0 Å². The molecule has 0 atom stereocenters. The Morgan fingerprint density at radius 2 is 0.358 bits per heavy atom. The maximum atomic E-state index is 2.69. The lowest BCUT2D eigenvalue weighted by molar-refractivity contribution is 0.104. The molecule has 0 aromatic rings. The van der Waals surface area contributed by atoms with E-state index in [0.29, 0.717) is 5.54 Å². The zero-order valence-electron chi connectivity index (χ0n) is 38.2. The minimum atomic E-state index is 0. The van der Waals surface area contributed by atoms with Crippen molar-refractivity contribution in [3.05, 3.63) is 0 Å². The van der Waals surface area contributed by atoms with E-state index in [1.54, 1.807) is 0 Å². The molecule has 2 heteroatoms. The summed E-state index contributed by atoms with van der Waals surface area (Å²) in [6.45, 7) is 6.96. The average molecular weight is 769 g/mol. The van der Waals surface area contributed by atoms with Gasteiger partial charge in [0.2, 0.25) is 0 Å². The molecule has 0 saturated carbocycles. The minimum absolute atomic E-state index is 0. The third kappa shape index (κ3) is 40.3. The Hall–Kier alpha value is 0.250. The predicted molar refractivity (Wildman–Crippen MR) is 248 cm³/mol. The summed E-state index contributed by atoms with van der Waals surface area (Å²) in [6.07, 6.45) is 65.8. The smallest absolute Gasteiger partial charge is 0.0203 e. The Balaban J connectivity index is 0. The van der Waals surface area contributed by atoms with Gasteiger partial charge in [-0.15, -0.1) is 12.4 Å². The molecule has 0 aliphatic carbocycles. The van der Waals surface area contributed by atoms with Gasteiger partial charge in [-0.1, -0.05) is 290 Å². The number of nitrogens with zero attached hydrogens (tertiary/aromatic N) is 1. The topological polar surface area (TPSA) is 3.24 Å². The van der Waals surface area contributed by atoms with Crippen molar-refractivity contribution < 1.29 is 0 Å². The number of rotatable bonds is 46. The molecular formula is C51H106ClN. The number of unbranched alkanes of at least 4 members (excludes halogenated alkanes) is 39. The van der Waals surface area contributed by atoms with Gasteiger partial charge in [0.25, 0.3) is 0 Å². The standard InChI is InChI=1S/C51H105N.ClH/c1-6-9-12-15-18-21-24-27-30-33-36-39-42-45-48-51(52(4)5,49-46-43-40-37-34-31-28-25-22-19-16-13-10-7-2)50-47-44-41-38-35-32-29-26-23-20-17-14-11-8-3;/h6-50H2,1-5H3;1H. The van der Waals surface area contributed by atoms with Crippen molar-refractivity contribution >= 4 is 12.4 Å². The highest BCUT2D eigenvalue weighted by Crippen LogP contribution is 2.33. The number of hydrogen-bond donors (Lipinski definition) is 0. The highest BCUT2D eigenvalue weighted by atomic mass is 35.5. The van der Waals surface area contributed by atoms with Crippen LogP contribution in [0.2, 0.25) is 0 Å². The molecule has 0 saturated heterocycles. The van der Waals surface area contributed by atoms with Crippen molar-refractivity contribution in [1.82, 2.24) is 4.90 Å². The van der Waals surface area contributed by atoms with E-state index >= 15 is 0 Å². The van der Waals surface area contributed by atoms with Crippen LogP contribution in [-0.4, -0.2) is 24.5 Å². The first-order chi connectivity index (χ1) is 25.6. The Labute approximate surface area is 345 Å². The molecule has 1 nitrogen and oxygen atoms in total. The Morgan fingerprint density at radius 3 is 0.491 bits per heavy atom. The molecule has 0 aliphatic rings. The molecule has 0 bridgehead atoms. The van der Waals surface area contributed by atoms with Crippen molar-refractivity contribution in [3.63, 3.8) is 0 Å². The summed E-state index contributed by atoms with van der Waals surface area (Å²) in [6, 6.07) is 0. The first kappa shape index (κ1) is 55.3. The van der Waals surface area contributed by atoms with Crippen LogP contribution in [0.15, 0.2) is 0 Å². The van der Waals surface area contributed by atoms with Gasteiger partial charge in [0.1, 0.15) is 0 Å². The summed E-state index contributed by atoms with van der Waals surface area (Å²) in [5.74, 6) is 0. The molecule has 0 rings (SSSR count). The third-order valence-electron chi connectivity index (χ3n) is 12.9. The molecule has 0 aromatic carbocycles. The summed E-state index contributed by atoms with van der Waals surface area (Å²) in [4.78, 5) is 2.69. The number of hydrogen-bond acceptors (Lipinski definition) is 1. The molecule has 0 heterocycles. The summed E-state index contributed by atoms with van der Waals surface area (Å²) in [5, 5.41) is 0. The zero-order valence-corrected chi connectivity index (χ0v) is 39.0. The van der Waals surface area contributed by atoms with E-state index in [-0.39, 0.29) is 12.4 Å². The Kier molecular flexibility index (Phi) is 48.7. The molecular weight excluding hydrogens is 662 g/mol. The zero-order chi connectivity index (χ0) is 37.9. The third-order valence-corrected chi connectivity index (χ3v) is 12.9. The van der Waals surface area contributed by atoms with E-state index in [1.165, 1.54) is 289 Å². The van der Waals surface area contributed by atoms with Crippen LogP contribution in [-0.2, 0) is 0 Å². The quantitative estimate of drug-likeness (QED) is 0.0558. The van der Waals surface area contributed by atoms with Crippen LogP contribution < -0.4 is 0 Å². The van der Waals surface area contributed by atoms with Crippen LogP contribution >= 0.6 is 12.4 Å². The normalized spacial score (nSPS) is 11.9. The van der Waals surface area contributed by atoms with Gasteiger partial charge in [-0.3, -0.25) is 0 Å². The second-order valence-corrected chi connectivity index (χ2v) is 18.2. The first-order valence-corrected chi connectivity index (χ1v) is 25.3. The maximum Gasteiger partial charge on any atom is 0.0203 e. The lowest BCUT2D eigenvalue weighted by Crippen LogP contribution is -2.44. The van der Waals surface area contributed by atoms with E-state index < -0.39 is 0 Å². The molecule has 0 unspecified atom stereocenters. The van der Waals surface area contributed by atoms with Gasteiger partial charge in [0, 0.05) is 5.54 Å². The summed E-state index contributed by atoms with van der Waals surface area (Å²) in [7, 11) is 4.86. The van der Waals surface area contributed by atoms with Gasteiger partial charge in [-0.25, -0.2) is 0 Å². The predicted octanol–water partition coefficient (Wildman–Crippen LogP) is 19.3. The molecule has 0 fully saturated rings. The van der Waals surface area contributed by atoms with Gasteiger partial charge >= 0.3 is 0 Å². The van der Waals surface area contributed by atoms with E-state index in [9.17, 15) is 0 Å². The SMILES string of the molecule is CCCCCCCCCCCCCCCCC(CCCCCCCCCCCCCCCC)(CCCCCCCCCCCCCCCC)N(C)C.Cl. The summed E-state index contributed by atoms with van der Waals surface area (Å²) in [5.41, 5.74) is 0.450. The molecule has 0 spiro atoms. The highest BCUT2D eigenvalue weighted by molar-refractivity contribution is 5.85. The molecule has 0 aliphatic heterocycles. The molecule has 0 radical (unpaired) electrons. The second-order valence-electron chi connectivity index (χ2n) is 18.2. The van der Waals surface area contributed by atoms with Crippen LogP contribution in [0.3, 0.4) is 0 Å². The lowest BCUT2D eigenvalue weighted by Gasteiger charge is -2.41. The molecule has 0 amide bonds. The fraction of sp³-hybridized carbons (Fsp3) is 1.00. The lowest BCUT2D eigenvalue weighted by atomic mass is 9.80. The van der Waals surface area contributed by atoms with E-state index in [0.717, 1.165) is 0 Å². The Morgan fingerprint density at radius 1 is 0.226 bits per heavy atom. The van der Waals surface area contributed by atoms with Crippen molar-refractivity contribution in [2.24, 2.45) is 0 Å². The van der Waals surface area contributed by atoms with Crippen LogP contribution in [0.5, 0.6) is 0 Å². The fourth-order valence-corrected chi connectivity index (χ4v) is 8.99. The van der Waals surface area contributed by atoms with Crippen LogP contribution in [0.25, 0.3) is 0 Å². The van der Waals surface area contributed by atoms with Gasteiger partial charge in [-0.2, -0.15) is 0 Å². The van der Waals surface area contributed by atoms with Crippen LogP contribution in [0, 0.1) is 0 Å². The molecule has 53 heavy (non-hydrogen) atoms. The van der Waals surface area contributed by atoms with Gasteiger partial charge < -0.3 is 4.90 Å². The first-order valence-electron chi connectivity index (χ1n) is 25.3. The van der Waals surface area contributed by atoms with E-state index in [1.807, 2.05) is 0 Å². The van der Waals surface area contributed by atoms with E-state index in [4.69, 9.17) is 0 Å². The Bertz CT molecular complexity index is 553. The fourth-order valence-electron chi connectivity index (χ4n) is 8.99. The van der Waals surface area contributed by atoms with Crippen molar-refractivity contribution in [2.45, 2.75) is 315 Å². The summed E-state index contributed by atoms with van der Waals surface area (Å²) < 4.78 is 0. The van der Waals surface area contributed by atoms with Gasteiger partial charge in [0.15, 0.2) is 0 Å². The highest BCUT2D eigenvalue weighted by Gasteiger charge is 2.30.